The van der Waals surface area contributed by atoms with E-state index in [1.54, 1.807) is 30.5 Å². The van der Waals surface area contributed by atoms with Crippen molar-refractivity contribution in [3.05, 3.63) is 65.9 Å². The number of para-hydroxylation sites is 1. The molecule has 1 aliphatic rings. The molecule has 0 aliphatic carbocycles. The van der Waals surface area contributed by atoms with Gasteiger partial charge in [-0.15, -0.1) is 0 Å². The topological polar surface area (TPSA) is 107 Å². The van der Waals surface area contributed by atoms with Crippen LogP contribution in [0.1, 0.15) is 29.8 Å². The number of aromatic amines is 1. The van der Waals surface area contributed by atoms with E-state index in [1.165, 1.54) is 0 Å². The van der Waals surface area contributed by atoms with Gasteiger partial charge in [0.05, 0.1) is 25.1 Å². The number of aliphatic hydroxyl groups is 1. The molecule has 0 radical (unpaired) electrons. The predicted molar refractivity (Wildman–Crippen MR) is 106 cm³/mol. The van der Waals surface area contributed by atoms with Gasteiger partial charge in [0.15, 0.2) is 6.10 Å². The number of ether oxygens (including phenoxy) is 2. The SMILES string of the molecule is N#CCCOc1ccc([C@@H](O)[C@H]2CO[C@@H](c3c[nH]c4ccccc34)C(=O)N2)cc1. The van der Waals surface area contributed by atoms with Gasteiger partial charge in [-0.05, 0) is 23.8 Å². The predicted octanol–water partition coefficient (Wildman–Crippen LogP) is 2.75. The Balaban J connectivity index is 1.41. The zero-order valence-electron chi connectivity index (χ0n) is 15.7. The maximum Gasteiger partial charge on any atom is 0.254 e. The number of rotatable bonds is 6. The summed E-state index contributed by atoms with van der Waals surface area (Å²) in [5.41, 5.74) is 2.38. The lowest BCUT2D eigenvalue weighted by atomic mass is 9.99. The van der Waals surface area contributed by atoms with E-state index in [4.69, 9.17) is 14.7 Å². The summed E-state index contributed by atoms with van der Waals surface area (Å²) in [6, 6.07) is 16.1. The monoisotopic (exact) mass is 391 g/mol. The Hall–Kier alpha value is -3.34. The first kappa shape index (κ1) is 19.0. The molecule has 3 atom stereocenters. The molecule has 3 N–H and O–H groups in total. The number of aromatic nitrogens is 1. The minimum absolute atomic E-state index is 0.192. The lowest BCUT2D eigenvalue weighted by molar-refractivity contribution is -0.144. The number of carbonyl (C=O) groups is 1. The third kappa shape index (κ3) is 3.94. The number of amides is 1. The highest BCUT2D eigenvalue weighted by Gasteiger charge is 2.35. The van der Waals surface area contributed by atoms with Crippen molar-refractivity contribution in [3.63, 3.8) is 0 Å². The third-order valence-corrected chi connectivity index (χ3v) is 5.00. The van der Waals surface area contributed by atoms with E-state index in [0.717, 1.165) is 16.5 Å². The second kappa shape index (κ2) is 8.35. The fraction of sp³-hybridized carbons (Fsp3) is 0.273. The molecule has 0 saturated carbocycles. The number of fused-ring (bicyclic) bond motifs is 1. The summed E-state index contributed by atoms with van der Waals surface area (Å²) in [4.78, 5) is 15.8. The summed E-state index contributed by atoms with van der Waals surface area (Å²) in [5, 5.41) is 23.0. The van der Waals surface area contributed by atoms with Gasteiger partial charge in [0.25, 0.3) is 5.91 Å². The van der Waals surface area contributed by atoms with Crippen LogP contribution in [0, 0.1) is 11.3 Å². The number of benzene rings is 2. The zero-order valence-corrected chi connectivity index (χ0v) is 15.7. The van der Waals surface area contributed by atoms with Crippen molar-refractivity contribution >= 4 is 16.8 Å². The van der Waals surface area contributed by atoms with E-state index < -0.39 is 18.2 Å². The highest BCUT2D eigenvalue weighted by Crippen LogP contribution is 2.31. The molecule has 1 fully saturated rings. The molecule has 0 spiro atoms. The Morgan fingerprint density at radius 1 is 1.24 bits per heavy atom. The Bertz CT molecular complexity index is 1040. The van der Waals surface area contributed by atoms with Crippen LogP contribution in [0.15, 0.2) is 54.7 Å². The highest BCUT2D eigenvalue weighted by atomic mass is 16.5. The van der Waals surface area contributed by atoms with Gasteiger partial charge in [0.1, 0.15) is 18.5 Å². The van der Waals surface area contributed by atoms with Gasteiger partial charge in [-0.2, -0.15) is 5.26 Å². The van der Waals surface area contributed by atoms with Crippen molar-refractivity contribution in [1.82, 2.24) is 10.3 Å². The molecule has 0 bridgehead atoms. The number of hydrogen-bond donors (Lipinski definition) is 3. The van der Waals surface area contributed by atoms with Crippen LogP contribution >= 0.6 is 0 Å². The number of morpholine rings is 1. The highest BCUT2D eigenvalue weighted by molar-refractivity contribution is 5.91. The fourth-order valence-corrected chi connectivity index (χ4v) is 3.50. The second-order valence-corrected chi connectivity index (χ2v) is 6.89. The van der Waals surface area contributed by atoms with Crippen molar-refractivity contribution < 1.29 is 19.4 Å². The Morgan fingerprint density at radius 2 is 2.03 bits per heavy atom. The molecule has 7 heteroatoms. The molecule has 4 rings (SSSR count). The van der Waals surface area contributed by atoms with Crippen molar-refractivity contribution in [1.29, 1.82) is 5.26 Å². The zero-order chi connectivity index (χ0) is 20.2. The summed E-state index contributed by atoms with van der Waals surface area (Å²) < 4.78 is 11.3. The quantitative estimate of drug-likeness (QED) is 0.560. The van der Waals surface area contributed by atoms with E-state index in [9.17, 15) is 9.90 Å². The van der Waals surface area contributed by atoms with Gasteiger partial charge in [-0.25, -0.2) is 0 Å². The molecule has 1 aliphatic heterocycles. The van der Waals surface area contributed by atoms with Crippen molar-refractivity contribution in [3.8, 4) is 11.8 Å². The number of nitriles is 1. The molecule has 2 aromatic carbocycles. The number of aliphatic hydroxyl groups excluding tert-OH is 1. The summed E-state index contributed by atoms with van der Waals surface area (Å²) in [7, 11) is 0. The van der Waals surface area contributed by atoms with Gasteiger partial charge >= 0.3 is 0 Å². The first-order valence-electron chi connectivity index (χ1n) is 9.43. The smallest absolute Gasteiger partial charge is 0.254 e. The van der Waals surface area contributed by atoms with Crippen molar-refractivity contribution in [2.45, 2.75) is 24.7 Å². The Kier molecular flexibility index (Phi) is 5.47. The van der Waals surface area contributed by atoms with E-state index in [1.807, 2.05) is 30.3 Å². The molecule has 7 nitrogen and oxygen atoms in total. The molecule has 0 unspecified atom stereocenters. The van der Waals surface area contributed by atoms with Gasteiger partial charge in [0.2, 0.25) is 0 Å². The van der Waals surface area contributed by atoms with Crippen LogP contribution in [0.25, 0.3) is 10.9 Å². The maximum atomic E-state index is 12.7. The summed E-state index contributed by atoms with van der Waals surface area (Å²) in [5.74, 6) is 0.348. The lowest BCUT2D eigenvalue weighted by Gasteiger charge is -2.32. The number of nitrogens with one attached hydrogen (secondary N) is 2. The molecule has 1 aromatic heterocycles. The molecule has 3 aromatic rings. The van der Waals surface area contributed by atoms with Gasteiger partial charge in [-0.1, -0.05) is 30.3 Å². The van der Waals surface area contributed by atoms with Gasteiger partial charge in [-0.3, -0.25) is 4.79 Å². The Morgan fingerprint density at radius 3 is 2.79 bits per heavy atom. The van der Waals surface area contributed by atoms with Gasteiger partial charge < -0.3 is 24.9 Å². The molecular weight excluding hydrogens is 370 g/mol. The summed E-state index contributed by atoms with van der Waals surface area (Å²) >= 11 is 0. The molecular formula is C22H21N3O4. The largest absolute Gasteiger partial charge is 0.493 e. The number of H-pyrrole nitrogens is 1. The van der Waals surface area contributed by atoms with Crippen LogP contribution in [0.3, 0.4) is 0 Å². The van der Waals surface area contributed by atoms with Crippen LogP contribution in [0.2, 0.25) is 0 Å². The van der Waals surface area contributed by atoms with Crippen LogP contribution in [-0.4, -0.2) is 35.3 Å². The van der Waals surface area contributed by atoms with Crippen LogP contribution in [0.4, 0.5) is 0 Å². The number of carbonyl (C=O) groups excluding carboxylic acids is 1. The van der Waals surface area contributed by atoms with E-state index in [-0.39, 0.29) is 12.5 Å². The lowest BCUT2D eigenvalue weighted by Crippen LogP contribution is -2.50. The first-order chi connectivity index (χ1) is 14.2. The normalized spacial score (nSPS) is 20.1. The molecule has 148 valence electrons. The van der Waals surface area contributed by atoms with E-state index >= 15 is 0 Å². The van der Waals surface area contributed by atoms with Crippen molar-refractivity contribution in [2.75, 3.05) is 13.2 Å². The molecule has 1 saturated heterocycles. The third-order valence-electron chi connectivity index (χ3n) is 5.00. The number of nitrogens with zero attached hydrogens (tertiary/aromatic N) is 1. The average Bonchev–Trinajstić information content (AvgIpc) is 3.18. The van der Waals surface area contributed by atoms with E-state index in [0.29, 0.717) is 24.3 Å². The van der Waals surface area contributed by atoms with Crippen LogP contribution in [0.5, 0.6) is 5.75 Å². The molecule has 29 heavy (non-hydrogen) atoms. The van der Waals surface area contributed by atoms with Crippen LogP contribution in [-0.2, 0) is 9.53 Å². The first-order valence-corrected chi connectivity index (χ1v) is 9.43. The average molecular weight is 391 g/mol. The number of hydrogen-bond acceptors (Lipinski definition) is 5. The summed E-state index contributed by atoms with van der Waals surface area (Å²) in [6.45, 7) is 0.512. The minimum Gasteiger partial charge on any atom is -0.493 e. The molecule has 2 heterocycles. The molecule has 1 amide bonds. The van der Waals surface area contributed by atoms with E-state index in [2.05, 4.69) is 10.3 Å². The summed E-state index contributed by atoms with van der Waals surface area (Å²) in [6.07, 6.45) is 0.478. The van der Waals surface area contributed by atoms with Gasteiger partial charge in [0, 0.05) is 22.7 Å². The van der Waals surface area contributed by atoms with Crippen LogP contribution < -0.4 is 10.1 Å². The maximum absolute atomic E-state index is 12.7. The Labute approximate surface area is 167 Å². The van der Waals surface area contributed by atoms with Crippen molar-refractivity contribution in [2.24, 2.45) is 0 Å². The fourth-order valence-electron chi connectivity index (χ4n) is 3.50. The standard InChI is InChI=1S/C22H21N3O4/c23-10-3-11-28-15-8-6-14(7-9-15)20(26)19-13-29-21(22(27)25-19)17-12-24-18-5-2-1-4-16(17)18/h1-2,4-9,12,19-21,24,26H,3,11,13H2,(H,25,27)/t19-,20-,21+/m1/s1. The minimum atomic E-state index is -0.906. The second-order valence-electron chi connectivity index (χ2n) is 6.89.